The summed E-state index contributed by atoms with van der Waals surface area (Å²) in [7, 11) is 0. The zero-order valence-electron chi connectivity index (χ0n) is 16.3. The Morgan fingerprint density at radius 1 is 0.966 bits per heavy atom. The van der Waals surface area contributed by atoms with Crippen LogP contribution >= 0.6 is 22.9 Å². The number of aromatic nitrogens is 2. The monoisotopic (exact) mass is 428 g/mol. The summed E-state index contributed by atoms with van der Waals surface area (Å²) >= 11 is 7.67. The fourth-order valence-corrected chi connectivity index (χ4v) is 4.28. The molecule has 0 unspecified atom stereocenters. The highest BCUT2D eigenvalue weighted by Crippen LogP contribution is 2.23. The molecule has 3 heterocycles. The second-order valence-electron chi connectivity index (χ2n) is 7.01. The van der Waals surface area contributed by atoms with E-state index in [1.807, 2.05) is 60.5 Å². The van der Waals surface area contributed by atoms with Crippen molar-refractivity contribution in [3.05, 3.63) is 68.6 Å². The van der Waals surface area contributed by atoms with Crippen LogP contribution in [0.2, 0.25) is 5.02 Å². The Hall–Kier alpha value is -2.64. The largest absolute Gasteiger partial charge is 0.335 e. The van der Waals surface area contributed by atoms with Crippen LogP contribution in [0.1, 0.15) is 31.4 Å². The molecule has 1 fully saturated rings. The van der Waals surface area contributed by atoms with E-state index in [1.165, 1.54) is 11.3 Å². The summed E-state index contributed by atoms with van der Waals surface area (Å²) in [6.45, 7) is 5.94. The second kappa shape index (κ2) is 8.00. The minimum Gasteiger partial charge on any atom is -0.335 e. The van der Waals surface area contributed by atoms with E-state index in [4.69, 9.17) is 11.6 Å². The molecule has 0 saturated carbocycles. The first-order chi connectivity index (χ1) is 14.0. The van der Waals surface area contributed by atoms with Gasteiger partial charge in [-0.3, -0.25) is 9.59 Å². The van der Waals surface area contributed by atoms with Crippen LogP contribution in [0, 0.1) is 13.8 Å². The zero-order valence-corrected chi connectivity index (χ0v) is 17.8. The third-order valence-corrected chi connectivity index (χ3v) is 6.55. The quantitative estimate of drug-likeness (QED) is 0.637. The zero-order chi connectivity index (χ0) is 20.5. The molecule has 0 spiro atoms. The maximum Gasteiger partial charge on any atom is 0.264 e. The number of carbonyl (C=O) groups excluding carboxylic acids is 2. The van der Waals surface area contributed by atoms with Gasteiger partial charge in [0.25, 0.3) is 11.8 Å². The van der Waals surface area contributed by atoms with Crippen molar-refractivity contribution in [1.29, 1.82) is 0 Å². The highest BCUT2D eigenvalue weighted by atomic mass is 35.5. The van der Waals surface area contributed by atoms with Crippen LogP contribution in [-0.2, 0) is 0 Å². The van der Waals surface area contributed by atoms with Gasteiger partial charge >= 0.3 is 0 Å². The van der Waals surface area contributed by atoms with E-state index in [2.05, 4.69) is 5.10 Å². The predicted octanol–water partition coefficient (Wildman–Crippen LogP) is 3.80. The number of halogens is 1. The van der Waals surface area contributed by atoms with Gasteiger partial charge in [0.15, 0.2) is 0 Å². The van der Waals surface area contributed by atoms with E-state index in [9.17, 15) is 9.59 Å². The molecule has 3 aromatic rings. The number of aryl methyl sites for hydroxylation is 1. The van der Waals surface area contributed by atoms with Gasteiger partial charge in [0.1, 0.15) is 0 Å². The summed E-state index contributed by atoms with van der Waals surface area (Å²) in [4.78, 5) is 29.7. The Morgan fingerprint density at radius 2 is 1.59 bits per heavy atom. The van der Waals surface area contributed by atoms with E-state index in [0.29, 0.717) is 36.8 Å². The summed E-state index contributed by atoms with van der Waals surface area (Å²) in [5, 5.41) is 7.00. The first-order valence-electron chi connectivity index (χ1n) is 9.40. The fourth-order valence-electron chi connectivity index (χ4n) is 3.47. The average molecular weight is 429 g/mol. The molecule has 29 heavy (non-hydrogen) atoms. The van der Waals surface area contributed by atoms with E-state index in [0.717, 1.165) is 22.0 Å². The molecule has 6 nitrogen and oxygen atoms in total. The van der Waals surface area contributed by atoms with Crippen molar-refractivity contribution < 1.29 is 9.59 Å². The summed E-state index contributed by atoms with van der Waals surface area (Å²) in [6, 6.07) is 11.1. The van der Waals surface area contributed by atoms with Crippen LogP contribution in [0.25, 0.3) is 5.69 Å². The molecule has 2 amide bonds. The minimum atomic E-state index is -0.0221. The van der Waals surface area contributed by atoms with Gasteiger partial charge in [0.2, 0.25) is 0 Å². The lowest BCUT2D eigenvalue weighted by Crippen LogP contribution is -2.50. The van der Waals surface area contributed by atoms with E-state index in [1.54, 1.807) is 9.58 Å². The van der Waals surface area contributed by atoms with E-state index < -0.39 is 0 Å². The van der Waals surface area contributed by atoms with Crippen molar-refractivity contribution in [2.75, 3.05) is 26.2 Å². The third-order valence-electron chi connectivity index (χ3n) is 5.15. The molecule has 0 bridgehead atoms. The standard InChI is InChI=1S/C21H21ClN4O2S/c1-14-19(22)15(2)26(23-14)17-7-5-16(6-8-17)20(27)24-9-11-25(12-10-24)21(28)18-4-3-13-29-18/h3-8,13H,9-12H2,1-2H3. The molecule has 0 radical (unpaired) electrons. The Morgan fingerprint density at radius 3 is 2.10 bits per heavy atom. The van der Waals surface area contributed by atoms with Crippen molar-refractivity contribution >= 4 is 34.8 Å². The van der Waals surface area contributed by atoms with Crippen LogP contribution < -0.4 is 0 Å². The lowest BCUT2D eigenvalue weighted by molar-refractivity contribution is 0.0538. The second-order valence-corrected chi connectivity index (χ2v) is 8.33. The molecule has 150 valence electrons. The van der Waals surface area contributed by atoms with Crippen LogP contribution in [0.3, 0.4) is 0 Å². The smallest absolute Gasteiger partial charge is 0.264 e. The normalized spacial score (nSPS) is 14.3. The van der Waals surface area contributed by atoms with Crippen molar-refractivity contribution in [2.24, 2.45) is 0 Å². The van der Waals surface area contributed by atoms with Crippen molar-refractivity contribution in [2.45, 2.75) is 13.8 Å². The first-order valence-corrected chi connectivity index (χ1v) is 10.7. The van der Waals surface area contributed by atoms with E-state index in [-0.39, 0.29) is 11.8 Å². The lowest BCUT2D eigenvalue weighted by atomic mass is 10.1. The molecular weight excluding hydrogens is 408 g/mol. The SMILES string of the molecule is Cc1nn(-c2ccc(C(=O)N3CCN(C(=O)c4cccs4)CC3)cc2)c(C)c1Cl. The number of nitrogens with zero attached hydrogens (tertiary/aromatic N) is 4. The summed E-state index contributed by atoms with van der Waals surface area (Å²) < 4.78 is 1.78. The van der Waals surface area contributed by atoms with Gasteiger partial charge in [0, 0.05) is 31.7 Å². The molecule has 0 aliphatic carbocycles. The van der Waals surface area contributed by atoms with Crippen LogP contribution in [0.15, 0.2) is 41.8 Å². The Kier molecular flexibility index (Phi) is 5.43. The summed E-state index contributed by atoms with van der Waals surface area (Å²) in [5.41, 5.74) is 3.13. The van der Waals surface area contributed by atoms with E-state index >= 15 is 0 Å². The van der Waals surface area contributed by atoms with Crippen molar-refractivity contribution in [1.82, 2.24) is 19.6 Å². The van der Waals surface area contributed by atoms with Gasteiger partial charge in [-0.1, -0.05) is 17.7 Å². The topological polar surface area (TPSA) is 58.4 Å². The number of carbonyl (C=O) groups is 2. The highest BCUT2D eigenvalue weighted by Gasteiger charge is 2.26. The number of piperazine rings is 1. The predicted molar refractivity (Wildman–Crippen MR) is 114 cm³/mol. The van der Waals surface area contributed by atoms with Crippen molar-refractivity contribution in [3.8, 4) is 5.69 Å². The number of hydrogen-bond donors (Lipinski definition) is 0. The molecular formula is C21H21ClN4O2S. The Bertz CT molecular complexity index is 1040. The maximum absolute atomic E-state index is 12.9. The third kappa shape index (κ3) is 3.80. The lowest BCUT2D eigenvalue weighted by Gasteiger charge is -2.34. The average Bonchev–Trinajstić information content (AvgIpc) is 3.38. The van der Waals surface area contributed by atoms with Gasteiger partial charge in [-0.15, -0.1) is 11.3 Å². The molecule has 2 aromatic heterocycles. The number of benzene rings is 1. The molecule has 1 aliphatic rings. The molecule has 1 aromatic carbocycles. The maximum atomic E-state index is 12.9. The molecule has 0 N–H and O–H groups in total. The number of thiophene rings is 1. The van der Waals surface area contributed by atoms with Gasteiger partial charge in [-0.05, 0) is 49.6 Å². The van der Waals surface area contributed by atoms with Crippen LogP contribution in [-0.4, -0.2) is 57.6 Å². The van der Waals surface area contributed by atoms with Gasteiger partial charge in [-0.2, -0.15) is 5.10 Å². The van der Waals surface area contributed by atoms with Gasteiger partial charge < -0.3 is 9.80 Å². The van der Waals surface area contributed by atoms with Gasteiger partial charge in [-0.25, -0.2) is 4.68 Å². The molecule has 1 aliphatic heterocycles. The van der Waals surface area contributed by atoms with Crippen molar-refractivity contribution in [3.63, 3.8) is 0 Å². The molecule has 1 saturated heterocycles. The van der Waals surface area contributed by atoms with Crippen LogP contribution in [0.5, 0.6) is 0 Å². The summed E-state index contributed by atoms with van der Waals surface area (Å²) in [5.74, 6) is 0.0196. The van der Waals surface area contributed by atoms with Crippen LogP contribution in [0.4, 0.5) is 0 Å². The molecule has 0 atom stereocenters. The summed E-state index contributed by atoms with van der Waals surface area (Å²) in [6.07, 6.45) is 0. The molecule has 4 rings (SSSR count). The number of amides is 2. The van der Waals surface area contributed by atoms with Gasteiger partial charge in [0.05, 0.1) is 27.0 Å². The number of rotatable bonds is 3. The molecule has 8 heteroatoms. The fraction of sp³-hybridized carbons (Fsp3) is 0.286. The Balaban J connectivity index is 1.41. The number of hydrogen-bond acceptors (Lipinski definition) is 4. The first kappa shape index (κ1) is 19.7. The highest BCUT2D eigenvalue weighted by molar-refractivity contribution is 7.12. The minimum absolute atomic E-state index is 0.0221. The Labute approximate surface area is 178 Å².